The number of amides is 1. The molecule has 0 aliphatic heterocycles. The maximum Gasteiger partial charge on any atom is 0.389 e. The van der Waals surface area contributed by atoms with Crippen LogP contribution in [0.5, 0.6) is 5.75 Å². The van der Waals surface area contributed by atoms with E-state index in [1.807, 2.05) is 0 Å². The quantitative estimate of drug-likeness (QED) is 0.251. The molecule has 0 saturated heterocycles. The number of aromatic hydroxyl groups is 1. The number of rotatable bonds is 2. The summed E-state index contributed by atoms with van der Waals surface area (Å²) in [5.41, 5.74) is 0.642. The number of phenolic OH excluding ortho intramolecular Hbond substituents is 1. The molecule has 1 aromatic rings. The van der Waals surface area contributed by atoms with Crippen molar-refractivity contribution in [2.75, 3.05) is 14.1 Å². The predicted octanol–water partition coefficient (Wildman–Crippen LogP) is -0.0196. The third kappa shape index (κ3) is 2.62. The van der Waals surface area contributed by atoms with Gasteiger partial charge in [-0.1, -0.05) is 6.92 Å². The summed E-state index contributed by atoms with van der Waals surface area (Å²) in [6.07, 6.45) is -1.72. The van der Waals surface area contributed by atoms with E-state index in [4.69, 9.17) is 5.73 Å². The Morgan fingerprint density at radius 3 is 2.35 bits per heavy atom. The average molecular weight is 471 g/mol. The second-order valence-corrected chi connectivity index (χ2v) is 9.04. The molecule has 2 unspecified atom stereocenters. The zero-order chi connectivity index (χ0) is 25.4. The Balaban J connectivity index is 2.10. The van der Waals surface area contributed by atoms with Crippen molar-refractivity contribution in [1.29, 1.82) is 5.39 Å². The summed E-state index contributed by atoms with van der Waals surface area (Å²) in [6, 6.07) is 0.963. The molecule has 6 atom stereocenters. The number of hydrogen-bond acceptors (Lipinski definition) is 10. The highest BCUT2D eigenvalue weighted by molar-refractivity contribution is 6.24. The maximum absolute atomic E-state index is 13.7. The Morgan fingerprint density at radius 1 is 1.21 bits per heavy atom. The zero-order valence-corrected chi connectivity index (χ0v) is 18.4. The summed E-state index contributed by atoms with van der Waals surface area (Å²) in [4.78, 5) is 43.2. The molecule has 0 bridgehead atoms. The van der Waals surface area contributed by atoms with E-state index in [9.17, 15) is 45.3 Å². The molecule has 1 fully saturated rings. The van der Waals surface area contributed by atoms with Crippen molar-refractivity contribution in [2.45, 2.75) is 30.6 Å². The second-order valence-electron chi connectivity index (χ2n) is 9.04. The Morgan fingerprint density at radius 2 is 1.82 bits per heavy atom. The number of nitrogens with zero attached hydrogens (tertiary/aromatic N) is 3. The number of diazo groups is 1. The molecule has 3 aliphatic rings. The van der Waals surface area contributed by atoms with Gasteiger partial charge < -0.3 is 31.3 Å². The number of benzene rings is 1. The van der Waals surface area contributed by atoms with Crippen LogP contribution in [0.3, 0.4) is 0 Å². The smallest absolute Gasteiger partial charge is 0.389 e. The first-order valence-corrected chi connectivity index (χ1v) is 10.4. The molecule has 0 radical (unpaired) electrons. The number of fused-ring (bicyclic) bond motifs is 3. The maximum atomic E-state index is 13.7. The van der Waals surface area contributed by atoms with Gasteiger partial charge in [-0.15, -0.1) is 0 Å². The standard InChI is InChI=1S/C22H22N4O8/c1-6-9-7(25-24)4-5-8(27)11(9)16(28)12-10(6)17(29)14-15(26(2)3)18(30)13(21(23)33)20(32)22(14,34)19(12)31/h4-6,10,14-15,17,29,34H,1-3H3,(H4-,23,27,28,30,31,32,33)/p+1/t6-,10?,14?,15-,17-,22-/m0/s1. The number of ketones is 2. The van der Waals surface area contributed by atoms with Crippen LogP contribution in [-0.2, 0) is 14.4 Å². The SMILES string of the molecule is C[C@H]1c2c([N+]#N)ccc(O)c2C(O)=C2C(=O)[C@]3(O)C(O)=C(C(N)=O)C(=O)[C@@H](N(C)C)C3[C@@H](O)C21. The number of aliphatic hydroxyl groups is 4. The third-order valence-corrected chi connectivity index (χ3v) is 7.19. The lowest BCUT2D eigenvalue weighted by molar-refractivity contribution is -0.169. The van der Waals surface area contributed by atoms with Crippen molar-refractivity contribution in [3.05, 3.63) is 45.1 Å². The minimum absolute atomic E-state index is 0.0333. The largest absolute Gasteiger partial charge is 0.508 e. The first kappa shape index (κ1) is 23.4. The van der Waals surface area contributed by atoms with E-state index < -0.39 is 81.4 Å². The Hall–Kier alpha value is -3.79. The summed E-state index contributed by atoms with van der Waals surface area (Å²) >= 11 is 0. The molecule has 12 nitrogen and oxygen atoms in total. The molecule has 0 heterocycles. The van der Waals surface area contributed by atoms with Crippen molar-refractivity contribution in [2.24, 2.45) is 17.6 Å². The van der Waals surface area contributed by atoms with Crippen molar-refractivity contribution in [3.8, 4) is 5.75 Å². The number of phenols is 1. The number of carbonyl (C=O) groups is 3. The number of likely N-dealkylation sites (N-methyl/N-ethyl adjacent to an activating group) is 1. The summed E-state index contributed by atoms with van der Waals surface area (Å²) < 4.78 is 0. The normalized spacial score (nSPS) is 32.8. The van der Waals surface area contributed by atoms with Crippen LogP contribution in [0.15, 0.2) is 29.0 Å². The number of aliphatic hydroxyl groups excluding tert-OH is 3. The number of hydrogen-bond donors (Lipinski definition) is 6. The molecule has 12 heteroatoms. The lowest BCUT2D eigenvalue weighted by atomic mass is 9.54. The van der Waals surface area contributed by atoms with Crippen LogP contribution in [0.4, 0.5) is 5.69 Å². The first-order valence-electron chi connectivity index (χ1n) is 10.4. The highest BCUT2D eigenvalue weighted by Gasteiger charge is 2.68. The molecule has 3 aliphatic carbocycles. The minimum Gasteiger partial charge on any atom is -0.508 e. The van der Waals surface area contributed by atoms with E-state index in [1.165, 1.54) is 25.1 Å². The summed E-state index contributed by atoms with van der Waals surface area (Å²) in [5.74, 6) is -9.93. The lowest BCUT2D eigenvalue weighted by Gasteiger charge is -2.53. The van der Waals surface area contributed by atoms with Crippen LogP contribution < -0.4 is 5.73 Å². The van der Waals surface area contributed by atoms with Gasteiger partial charge in [0.1, 0.15) is 22.8 Å². The van der Waals surface area contributed by atoms with Gasteiger partial charge in [0, 0.05) is 17.6 Å². The molecule has 1 aromatic carbocycles. The van der Waals surface area contributed by atoms with Gasteiger partial charge in [-0.05, 0) is 26.1 Å². The van der Waals surface area contributed by atoms with Gasteiger partial charge in [0.15, 0.2) is 16.4 Å². The summed E-state index contributed by atoms with van der Waals surface area (Å²) in [5, 5.41) is 64.7. The molecule has 4 rings (SSSR count). The molecule has 7 N–H and O–H groups in total. The Bertz CT molecular complexity index is 1280. The molecular formula is C22H23N4O8+. The molecule has 1 saturated carbocycles. The molecule has 0 aromatic heterocycles. The van der Waals surface area contributed by atoms with E-state index in [-0.39, 0.29) is 16.8 Å². The molecule has 34 heavy (non-hydrogen) atoms. The van der Waals surface area contributed by atoms with Gasteiger partial charge >= 0.3 is 5.69 Å². The number of primary amides is 1. The van der Waals surface area contributed by atoms with Crippen LogP contribution in [0.1, 0.15) is 24.0 Å². The number of nitrogens with two attached hydrogens (primary N) is 1. The Kier molecular flexibility index (Phi) is 5.06. The van der Waals surface area contributed by atoms with Crippen molar-refractivity contribution >= 4 is 28.9 Å². The number of carbonyl (C=O) groups excluding carboxylic acids is 3. The van der Waals surface area contributed by atoms with Crippen LogP contribution in [-0.4, -0.2) is 79.7 Å². The lowest BCUT2D eigenvalue weighted by Crippen LogP contribution is -2.70. The highest BCUT2D eigenvalue weighted by Crippen LogP contribution is 2.57. The van der Waals surface area contributed by atoms with Crippen molar-refractivity contribution in [3.63, 3.8) is 0 Å². The fourth-order valence-electron chi connectivity index (χ4n) is 5.76. The average Bonchev–Trinajstić information content (AvgIpc) is 2.75. The van der Waals surface area contributed by atoms with Gasteiger partial charge in [-0.3, -0.25) is 19.3 Å². The van der Waals surface area contributed by atoms with E-state index in [1.54, 1.807) is 6.92 Å². The Labute approximate surface area is 192 Å². The van der Waals surface area contributed by atoms with E-state index in [0.717, 1.165) is 6.07 Å². The fourth-order valence-corrected chi connectivity index (χ4v) is 5.76. The van der Waals surface area contributed by atoms with Gasteiger partial charge in [-0.2, -0.15) is 0 Å². The topological polar surface area (TPSA) is 210 Å². The van der Waals surface area contributed by atoms with Crippen LogP contribution >= 0.6 is 0 Å². The minimum atomic E-state index is -2.97. The fraction of sp³-hybridized carbons (Fsp3) is 0.409. The summed E-state index contributed by atoms with van der Waals surface area (Å²) in [6.45, 7) is 1.55. The monoisotopic (exact) mass is 471 g/mol. The van der Waals surface area contributed by atoms with E-state index in [2.05, 4.69) is 4.98 Å². The van der Waals surface area contributed by atoms with Gasteiger partial charge in [0.25, 0.3) is 5.91 Å². The van der Waals surface area contributed by atoms with Crippen molar-refractivity contribution in [1.82, 2.24) is 4.90 Å². The third-order valence-electron chi connectivity index (χ3n) is 7.19. The van der Waals surface area contributed by atoms with Gasteiger partial charge in [0.2, 0.25) is 11.2 Å². The summed E-state index contributed by atoms with van der Waals surface area (Å²) in [7, 11) is 2.84. The van der Waals surface area contributed by atoms with Gasteiger partial charge in [-0.25, -0.2) is 0 Å². The molecule has 0 spiro atoms. The highest BCUT2D eigenvalue weighted by atomic mass is 16.4. The van der Waals surface area contributed by atoms with Crippen molar-refractivity contribution < 1.29 is 39.9 Å². The van der Waals surface area contributed by atoms with Crippen LogP contribution in [0.25, 0.3) is 10.7 Å². The second kappa shape index (κ2) is 7.36. The zero-order valence-electron chi connectivity index (χ0n) is 18.4. The molecular weight excluding hydrogens is 448 g/mol. The van der Waals surface area contributed by atoms with E-state index >= 15 is 0 Å². The van der Waals surface area contributed by atoms with E-state index in [0.29, 0.717) is 0 Å². The number of Topliss-reactive ketones (excluding diaryl/α,β-unsaturated/α-hetero) is 2. The first-order chi connectivity index (χ1) is 15.8. The van der Waals surface area contributed by atoms with Crippen LogP contribution in [0.2, 0.25) is 0 Å². The molecule has 1 amide bonds. The van der Waals surface area contributed by atoms with Gasteiger partial charge in [0.05, 0.1) is 29.2 Å². The molecule has 178 valence electrons. The van der Waals surface area contributed by atoms with Crippen LogP contribution in [0, 0.1) is 17.2 Å². The predicted molar refractivity (Wildman–Crippen MR) is 115 cm³/mol.